The third kappa shape index (κ3) is 1.96. The molecule has 0 N–H and O–H groups in total. The van der Waals surface area contributed by atoms with Crippen LogP contribution in [-0.4, -0.2) is 8.07 Å². The SMILES string of the molecule is Cc1c(C#C[Si](C)(C)C)c(=O)c1=O. The van der Waals surface area contributed by atoms with Crippen molar-refractivity contribution in [3.63, 3.8) is 0 Å². The average molecular weight is 192 g/mol. The molecule has 0 atom stereocenters. The van der Waals surface area contributed by atoms with Gasteiger partial charge in [-0.25, -0.2) is 0 Å². The molecule has 3 heteroatoms. The predicted molar refractivity (Wildman–Crippen MR) is 56.3 cm³/mol. The topological polar surface area (TPSA) is 34.1 Å². The van der Waals surface area contributed by atoms with Crippen molar-refractivity contribution in [2.75, 3.05) is 0 Å². The highest BCUT2D eigenvalue weighted by molar-refractivity contribution is 6.83. The lowest BCUT2D eigenvalue weighted by Crippen LogP contribution is -2.37. The van der Waals surface area contributed by atoms with E-state index >= 15 is 0 Å². The van der Waals surface area contributed by atoms with Crippen LogP contribution in [0.15, 0.2) is 9.59 Å². The molecular weight excluding hydrogens is 180 g/mol. The lowest BCUT2D eigenvalue weighted by molar-refractivity contribution is 1.24. The molecule has 1 rings (SSSR count). The molecule has 0 saturated heterocycles. The van der Waals surface area contributed by atoms with E-state index < -0.39 is 13.5 Å². The molecule has 13 heavy (non-hydrogen) atoms. The molecule has 0 heterocycles. The predicted octanol–water partition coefficient (Wildman–Crippen LogP) is 0.820. The summed E-state index contributed by atoms with van der Waals surface area (Å²) in [6.45, 7) is 7.94. The molecule has 0 aromatic heterocycles. The van der Waals surface area contributed by atoms with Gasteiger partial charge in [0.15, 0.2) is 0 Å². The van der Waals surface area contributed by atoms with Crippen LogP contribution in [0.1, 0.15) is 11.1 Å². The first-order chi connectivity index (χ1) is 5.83. The van der Waals surface area contributed by atoms with Crippen LogP contribution in [0, 0.1) is 18.4 Å². The Bertz CT molecular complexity index is 459. The largest absolute Gasteiger partial charge is 0.285 e. The van der Waals surface area contributed by atoms with Crippen LogP contribution >= 0.6 is 0 Å². The molecule has 68 valence electrons. The van der Waals surface area contributed by atoms with E-state index in [1.807, 2.05) is 0 Å². The molecule has 0 radical (unpaired) electrons. The van der Waals surface area contributed by atoms with E-state index in [1.165, 1.54) is 0 Å². The van der Waals surface area contributed by atoms with Gasteiger partial charge in [0.25, 0.3) is 0 Å². The maximum atomic E-state index is 11.0. The Labute approximate surface area is 78.3 Å². The monoisotopic (exact) mass is 192 g/mol. The van der Waals surface area contributed by atoms with Gasteiger partial charge >= 0.3 is 0 Å². The summed E-state index contributed by atoms with van der Waals surface area (Å²) < 4.78 is 0. The van der Waals surface area contributed by atoms with Gasteiger partial charge in [0.2, 0.25) is 10.9 Å². The van der Waals surface area contributed by atoms with E-state index in [2.05, 4.69) is 31.1 Å². The Hall–Kier alpha value is -1.14. The molecule has 0 spiro atoms. The second-order valence-electron chi connectivity index (χ2n) is 4.16. The zero-order valence-corrected chi connectivity index (χ0v) is 9.32. The van der Waals surface area contributed by atoms with Gasteiger partial charge in [0.05, 0.1) is 5.56 Å². The minimum absolute atomic E-state index is 0.375. The highest BCUT2D eigenvalue weighted by Crippen LogP contribution is 2.00. The van der Waals surface area contributed by atoms with Crippen molar-refractivity contribution >= 4 is 8.07 Å². The Morgan fingerprint density at radius 1 is 1.08 bits per heavy atom. The molecule has 0 saturated carbocycles. The van der Waals surface area contributed by atoms with Crippen LogP contribution in [0.4, 0.5) is 0 Å². The van der Waals surface area contributed by atoms with Crippen molar-refractivity contribution in [2.45, 2.75) is 26.6 Å². The van der Waals surface area contributed by atoms with Crippen LogP contribution in [0.2, 0.25) is 19.6 Å². The summed E-state index contributed by atoms with van der Waals surface area (Å²) in [4.78, 5) is 21.8. The first-order valence-electron chi connectivity index (χ1n) is 4.16. The molecule has 1 aromatic carbocycles. The summed E-state index contributed by atoms with van der Waals surface area (Å²) in [5.74, 6) is 2.81. The lowest BCUT2D eigenvalue weighted by atomic mass is 10.0. The van der Waals surface area contributed by atoms with Crippen molar-refractivity contribution in [3.05, 3.63) is 31.6 Å². The van der Waals surface area contributed by atoms with Crippen molar-refractivity contribution in [2.24, 2.45) is 0 Å². The highest BCUT2D eigenvalue weighted by Gasteiger charge is 2.15. The fourth-order valence-electron chi connectivity index (χ4n) is 0.906. The number of rotatable bonds is 0. The summed E-state index contributed by atoms with van der Waals surface area (Å²) in [5.41, 5.74) is 3.22. The third-order valence-electron chi connectivity index (χ3n) is 1.71. The highest BCUT2D eigenvalue weighted by atomic mass is 28.3. The Balaban J connectivity index is 3.07. The molecule has 0 unspecified atom stereocenters. The van der Waals surface area contributed by atoms with Crippen molar-refractivity contribution < 1.29 is 0 Å². The minimum Gasteiger partial charge on any atom is -0.285 e. The van der Waals surface area contributed by atoms with Gasteiger partial charge in [-0.15, -0.1) is 5.54 Å². The Morgan fingerprint density at radius 3 is 2.00 bits per heavy atom. The molecule has 0 aliphatic heterocycles. The van der Waals surface area contributed by atoms with Crippen LogP contribution in [0.5, 0.6) is 0 Å². The van der Waals surface area contributed by atoms with Crippen molar-refractivity contribution in [3.8, 4) is 11.5 Å². The zero-order valence-electron chi connectivity index (χ0n) is 8.32. The molecule has 0 amide bonds. The zero-order chi connectivity index (χ0) is 10.2. The van der Waals surface area contributed by atoms with E-state index in [9.17, 15) is 9.59 Å². The van der Waals surface area contributed by atoms with E-state index in [0.29, 0.717) is 11.1 Å². The fourth-order valence-corrected chi connectivity index (χ4v) is 1.41. The van der Waals surface area contributed by atoms with Gasteiger partial charge in [-0.2, -0.15) is 0 Å². The van der Waals surface area contributed by atoms with Gasteiger partial charge in [0, 0.05) is 5.56 Å². The second-order valence-corrected chi connectivity index (χ2v) is 8.91. The number of hydrogen-bond acceptors (Lipinski definition) is 2. The summed E-state index contributed by atoms with van der Waals surface area (Å²) in [6, 6.07) is 0. The van der Waals surface area contributed by atoms with Crippen molar-refractivity contribution in [1.29, 1.82) is 0 Å². The number of hydrogen-bond donors (Lipinski definition) is 0. The van der Waals surface area contributed by atoms with Crippen LogP contribution in [0.25, 0.3) is 0 Å². The molecular formula is C10H12O2Si. The van der Waals surface area contributed by atoms with Crippen LogP contribution in [0.3, 0.4) is 0 Å². The van der Waals surface area contributed by atoms with Gasteiger partial charge < -0.3 is 0 Å². The average Bonchev–Trinajstić information content (AvgIpc) is 2.01. The van der Waals surface area contributed by atoms with E-state index in [4.69, 9.17) is 0 Å². The summed E-state index contributed by atoms with van der Waals surface area (Å²) in [7, 11) is -1.44. The molecule has 0 aliphatic carbocycles. The molecule has 1 aromatic rings. The van der Waals surface area contributed by atoms with Gasteiger partial charge in [-0.1, -0.05) is 25.6 Å². The van der Waals surface area contributed by atoms with E-state index in [-0.39, 0.29) is 5.43 Å². The quantitative estimate of drug-likeness (QED) is 0.346. The van der Waals surface area contributed by atoms with Crippen LogP contribution in [-0.2, 0) is 0 Å². The summed E-state index contributed by atoms with van der Waals surface area (Å²) >= 11 is 0. The molecule has 0 fully saturated rings. The standard InChI is InChI=1S/C10H12O2Si/c1-7-8(10(12)9(7)11)5-6-13(2,3)4/h1-4H3. The van der Waals surface area contributed by atoms with E-state index in [0.717, 1.165) is 0 Å². The second kappa shape index (κ2) is 2.97. The van der Waals surface area contributed by atoms with Gasteiger partial charge in [-0.05, 0) is 6.92 Å². The maximum absolute atomic E-state index is 11.0. The summed E-state index contributed by atoms with van der Waals surface area (Å²) in [5, 5.41) is 0. The minimum atomic E-state index is -1.44. The first kappa shape index (κ1) is 9.94. The Morgan fingerprint density at radius 2 is 1.62 bits per heavy atom. The third-order valence-corrected chi connectivity index (χ3v) is 2.59. The smallest absolute Gasteiger partial charge is 0.241 e. The van der Waals surface area contributed by atoms with Gasteiger partial charge in [0.1, 0.15) is 8.07 Å². The van der Waals surface area contributed by atoms with Crippen LogP contribution < -0.4 is 10.9 Å². The molecule has 0 bridgehead atoms. The fraction of sp³-hybridized carbons (Fsp3) is 0.400. The Kier molecular flexibility index (Phi) is 2.27. The lowest BCUT2D eigenvalue weighted by Gasteiger charge is -2.04. The first-order valence-corrected chi connectivity index (χ1v) is 7.66. The maximum Gasteiger partial charge on any atom is 0.241 e. The molecule has 2 nitrogen and oxygen atoms in total. The summed E-state index contributed by atoms with van der Waals surface area (Å²) in [6.07, 6.45) is 0. The van der Waals surface area contributed by atoms with Crippen molar-refractivity contribution in [1.82, 2.24) is 0 Å². The normalized spacial score (nSPS) is 11.1. The van der Waals surface area contributed by atoms with Gasteiger partial charge in [-0.3, -0.25) is 9.59 Å². The molecule has 0 aliphatic rings. The van der Waals surface area contributed by atoms with E-state index in [1.54, 1.807) is 6.92 Å².